The summed E-state index contributed by atoms with van der Waals surface area (Å²) in [5, 5.41) is 53.1. The van der Waals surface area contributed by atoms with Crippen molar-refractivity contribution in [2.75, 3.05) is 13.2 Å². The first-order chi connectivity index (χ1) is 12.1. The van der Waals surface area contributed by atoms with Gasteiger partial charge in [0, 0.05) is 0 Å². The second-order valence-electron chi connectivity index (χ2n) is 5.21. The highest BCUT2D eigenvalue weighted by Crippen LogP contribution is 2.04. The summed E-state index contributed by atoms with van der Waals surface area (Å²) in [4.78, 5) is 43.2. The van der Waals surface area contributed by atoms with Gasteiger partial charge in [-0.1, -0.05) is 0 Å². The number of esters is 2. The third-order valence-corrected chi connectivity index (χ3v) is 3.11. The van der Waals surface area contributed by atoms with E-state index in [-0.39, 0.29) is 13.2 Å². The Morgan fingerprint density at radius 3 is 1.15 bits per heavy atom. The van der Waals surface area contributed by atoms with Gasteiger partial charge in [-0.25, -0.2) is 19.2 Å². The molecule has 0 spiro atoms. The topological polar surface area (TPSA) is 208 Å². The number of carbonyl (C=O) groups excluding carboxylic acids is 2. The number of carboxylic acid groups (broad SMARTS) is 2. The molecule has 0 fully saturated rings. The average molecular weight is 382 g/mol. The lowest BCUT2D eigenvalue weighted by Gasteiger charge is -2.13. The van der Waals surface area contributed by atoms with E-state index >= 15 is 0 Å². The lowest BCUT2D eigenvalue weighted by molar-refractivity contribution is -0.170. The van der Waals surface area contributed by atoms with E-state index in [4.69, 9.17) is 20.4 Å². The molecule has 0 aliphatic carbocycles. The Kier molecular flexibility index (Phi) is 11.1. The first-order valence-corrected chi connectivity index (χ1v) is 7.60. The van der Waals surface area contributed by atoms with E-state index in [0.717, 1.165) is 0 Å². The van der Waals surface area contributed by atoms with E-state index in [9.17, 15) is 29.4 Å². The molecule has 4 unspecified atom stereocenters. The van der Waals surface area contributed by atoms with Gasteiger partial charge in [-0.05, 0) is 25.7 Å². The van der Waals surface area contributed by atoms with Crippen LogP contribution in [-0.4, -0.2) is 92.1 Å². The fourth-order valence-electron chi connectivity index (χ4n) is 1.60. The number of unbranched alkanes of at least 4 members (excludes halogenated alkanes) is 3. The minimum Gasteiger partial charge on any atom is -0.479 e. The molecule has 0 aromatic rings. The van der Waals surface area contributed by atoms with Gasteiger partial charge in [0.25, 0.3) is 0 Å². The van der Waals surface area contributed by atoms with Crippen molar-refractivity contribution in [1.82, 2.24) is 0 Å². The van der Waals surface area contributed by atoms with Crippen molar-refractivity contribution >= 4 is 23.9 Å². The first kappa shape index (κ1) is 23.7. The lowest BCUT2D eigenvalue weighted by Crippen LogP contribution is -2.40. The second kappa shape index (κ2) is 12.1. The number of ether oxygens (including phenoxy) is 2. The van der Waals surface area contributed by atoms with Gasteiger partial charge < -0.3 is 40.1 Å². The van der Waals surface area contributed by atoms with Crippen LogP contribution in [0.25, 0.3) is 0 Å². The van der Waals surface area contributed by atoms with Crippen LogP contribution in [0.3, 0.4) is 0 Å². The Balaban J connectivity index is 3.77. The summed E-state index contributed by atoms with van der Waals surface area (Å²) in [5.74, 6) is -6.05. The molecule has 26 heavy (non-hydrogen) atoms. The van der Waals surface area contributed by atoms with Gasteiger partial charge in [0.15, 0.2) is 24.4 Å². The quantitative estimate of drug-likeness (QED) is 0.141. The zero-order chi connectivity index (χ0) is 20.3. The molecule has 0 saturated carbocycles. The molecule has 150 valence electrons. The average Bonchev–Trinajstić information content (AvgIpc) is 2.60. The number of rotatable bonds is 13. The van der Waals surface area contributed by atoms with Crippen LogP contribution in [-0.2, 0) is 28.7 Å². The molecule has 0 radical (unpaired) electrons. The number of hydrogen-bond donors (Lipinski definition) is 6. The molecular formula is C14H22O12. The summed E-state index contributed by atoms with van der Waals surface area (Å²) < 4.78 is 9.17. The number of hydrogen-bond acceptors (Lipinski definition) is 10. The molecule has 0 bridgehead atoms. The van der Waals surface area contributed by atoms with Gasteiger partial charge in [0.05, 0.1) is 13.2 Å². The lowest BCUT2D eigenvalue weighted by atomic mass is 10.2. The van der Waals surface area contributed by atoms with Gasteiger partial charge in [-0.2, -0.15) is 0 Å². The van der Waals surface area contributed by atoms with Crippen LogP contribution in [0.4, 0.5) is 0 Å². The summed E-state index contributed by atoms with van der Waals surface area (Å²) in [6.45, 7) is -0.239. The SMILES string of the molecule is O=C(O)C(O)C(O)C(=O)OCCCCCCOC(=O)C(O)C(O)C(=O)O. The maximum Gasteiger partial charge on any atom is 0.338 e. The normalized spacial score (nSPS) is 15.4. The molecule has 12 nitrogen and oxygen atoms in total. The molecule has 6 N–H and O–H groups in total. The zero-order valence-corrected chi connectivity index (χ0v) is 13.7. The third kappa shape index (κ3) is 8.71. The Bertz CT molecular complexity index is 446. The Hall–Kier alpha value is -2.28. The van der Waals surface area contributed by atoms with Crippen LogP contribution in [0, 0.1) is 0 Å². The molecule has 0 aliphatic rings. The standard InChI is InChI=1S/C14H22O12/c15-7(11(19)20)9(17)13(23)25-5-3-1-2-4-6-26-14(24)10(18)8(16)12(21)22/h7-10,15-18H,1-6H2,(H,19,20)(H,21,22). The Morgan fingerprint density at radius 2 is 0.885 bits per heavy atom. The largest absolute Gasteiger partial charge is 0.479 e. The summed E-state index contributed by atoms with van der Waals surface area (Å²) >= 11 is 0. The highest BCUT2D eigenvalue weighted by Gasteiger charge is 2.32. The molecule has 0 amide bonds. The number of aliphatic hydroxyl groups is 4. The highest BCUT2D eigenvalue weighted by atomic mass is 16.6. The fourth-order valence-corrected chi connectivity index (χ4v) is 1.60. The maximum atomic E-state index is 11.2. The maximum absolute atomic E-state index is 11.2. The predicted molar refractivity (Wildman–Crippen MR) is 79.7 cm³/mol. The van der Waals surface area contributed by atoms with E-state index in [2.05, 4.69) is 9.47 Å². The number of carbonyl (C=O) groups is 4. The van der Waals surface area contributed by atoms with Crippen molar-refractivity contribution < 1.29 is 59.3 Å². The van der Waals surface area contributed by atoms with E-state index in [1.54, 1.807) is 0 Å². The first-order valence-electron chi connectivity index (χ1n) is 7.60. The number of aliphatic hydroxyl groups excluding tert-OH is 4. The minimum atomic E-state index is -2.27. The van der Waals surface area contributed by atoms with Gasteiger partial charge in [0.1, 0.15) is 0 Å². The number of aliphatic carboxylic acids is 2. The molecule has 0 aliphatic heterocycles. The molecule has 0 aromatic heterocycles. The molecule has 4 atom stereocenters. The van der Waals surface area contributed by atoms with Gasteiger partial charge in [0.2, 0.25) is 0 Å². The Morgan fingerprint density at radius 1 is 0.577 bits per heavy atom. The molecular weight excluding hydrogens is 360 g/mol. The monoisotopic (exact) mass is 382 g/mol. The van der Waals surface area contributed by atoms with Crippen molar-refractivity contribution in [1.29, 1.82) is 0 Å². The fraction of sp³-hybridized carbons (Fsp3) is 0.714. The van der Waals surface area contributed by atoms with Crippen LogP contribution in [0.15, 0.2) is 0 Å². The van der Waals surface area contributed by atoms with Crippen LogP contribution in [0.5, 0.6) is 0 Å². The summed E-state index contributed by atoms with van der Waals surface area (Å²) in [6.07, 6.45) is -7.16. The summed E-state index contributed by atoms with van der Waals surface area (Å²) in [5.41, 5.74) is 0. The van der Waals surface area contributed by atoms with Crippen molar-refractivity contribution in [3.8, 4) is 0 Å². The van der Waals surface area contributed by atoms with Gasteiger partial charge >= 0.3 is 23.9 Å². The van der Waals surface area contributed by atoms with E-state index in [0.29, 0.717) is 25.7 Å². The molecule has 0 rings (SSSR count). The molecule has 0 saturated heterocycles. The van der Waals surface area contributed by atoms with Crippen molar-refractivity contribution in [3.05, 3.63) is 0 Å². The van der Waals surface area contributed by atoms with Crippen molar-refractivity contribution in [2.24, 2.45) is 0 Å². The molecule has 0 heterocycles. The molecule has 12 heteroatoms. The van der Waals surface area contributed by atoms with E-state index in [1.807, 2.05) is 0 Å². The Labute approximate surface area is 147 Å². The predicted octanol–water partition coefficient (Wildman–Crippen LogP) is -2.75. The van der Waals surface area contributed by atoms with E-state index < -0.39 is 48.3 Å². The highest BCUT2D eigenvalue weighted by molar-refractivity contribution is 5.84. The van der Waals surface area contributed by atoms with E-state index in [1.165, 1.54) is 0 Å². The van der Waals surface area contributed by atoms with Gasteiger partial charge in [-0.3, -0.25) is 0 Å². The molecule has 0 aromatic carbocycles. The zero-order valence-electron chi connectivity index (χ0n) is 13.7. The van der Waals surface area contributed by atoms with Gasteiger partial charge in [-0.15, -0.1) is 0 Å². The van der Waals surface area contributed by atoms with Crippen LogP contribution in [0.1, 0.15) is 25.7 Å². The van der Waals surface area contributed by atoms with Crippen LogP contribution in [0.2, 0.25) is 0 Å². The summed E-state index contributed by atoms with van der Waals surface area (Å²) in [7, 11) is 0. The van der Waals surface area contributed by atoms with Crippen LogP contribution < -0.4 is 0 Å². The van der Waals surface area contributed by atoms with Crippen molar-refractivity contribution in [2.45, 2.75) is 50.1 Å². The van der Waals surface area contributed by atoms with Crippen molar-refractivity contribution in [3.63, 3.8) is 0 Å². The van der Waals surface area contributed by atoms with Crippen LogP contribution >= 0.6 is 0 Å². The summed E-state index contributed by atoms with van der Waals surface area (Å²) in [6, 6.07) is 0. The number of carboxylic acids is 2. The minimum absolute atomic E-state index is 0.120. The second-order valence-corrected chi connectivity index (χ2v) is 5.21. The third-order valence-electron chi connectivity index (χ3n) is 3.11. The smallest absolute Gasteiger partial charge is 0.338 e.